The highest BCUT2D eigenvalue weighted by atomic mass is 35.5. The molecule has 0 aliphatic carbocycles. The van der Waals surface area contributed by atoms with Gasteiger partial charge in [0, 0.05) is 23.3 Å². The van der Waals surface area contributed by atoms with E-state index >= 15 is 0 Å². The van der Waals surface area contributed by atoms with Crippen LogP contribution >= 0.6 is 11.6 Å². The monoisotopic (exact) mass is 279 g/mol. The van der Waals surface area contributed by atoms with E-state index in [1.54, 1.807) is 31.2 Å². The van der Waals surface area contributed by atoms with Gasteiger partial charge in [-0.1, -0.05) is 11.6 Å². The van der Waals surface area contributed by atoms with E-state index in [4.69, 9.17) is 17.3 Å². The van der Waals surface area contributed by atoms with Gasteiger partial charge in [0.15, 0.2) is 5.78 Å². The molecule has 0 radical (unpaired) electrons. The van der Waals surface area contributed by atoms with Crippen molar-refractivity contribution in [3.05, 3.63) is 46.6 Å². The van der Waals surface area contributed by atoms with Gasteiger partial charge in [0.25, 0.3) is 0 Å². The second-order valence-corrected chi connectivity index (χ2v) is 4.55. The molecule has 0 bridgehead atoms. The molecule has 1 atom stereocenters. The number of Topliss-reactive ketones (excluding diaryl/α,β-unsaturated/α-hetero) is 1. The maximum atomic E-state index is 12.3. The molecule has 1 aromatic rings. The summed E-state index contributed by atoms with van der Waals surface area (Å²) in [6.07, 6.45) is 0.637. The summed E-state index contributed by atoms with van der Waals surface area (Å²) in [5.74, 6) is -0.220. The third-order valence-electron chi connectivity index (χ3n) is 2.98. The van der Waals surface area contributed by atoms with Gasteiger partial charge >= 0.3 is 6.03 Å². The molecular formula is C13H14ClN3O2. The van der Waals surface area contributed by atoms with E-state index in [1.807, 2.05) is 0 Å². The number of benzene rings is 1. The van der Waals surface area contributed by atoms with Crippen molar-refractivity contribution in [2.45, 2.75) is 13.1 Å². The Kier molecular flexibility index (Phi) is 3.87. The van der Waals surface area contributed by atoms with E-state index in [0.29, 0.717) is 22.7 Å². The van der Waals surface area contributed by atoms with Crippen LogP contribution in [0.2, 0.25) is 5.02 Å². The highest BCUT2D eigenvalue weighted by Crippen LogP contribution is 2.18. The fraction of sp³-hybridized carbons (Fsp3) is 0.231. The number of ketones is 1. The van der Waals surface area contributed by atoms with E-state index in [0.717, 1.165) is 0 Å². The molecular weight excluding hydrogens is 266 g/mol. The van der Waals surface area contributed by atoms with Crippen molar-refractivity contribution in [2.75, 3.05) is 6.54 Å². The van der Waals surface area contributed by atoms with Crippen molar-refractivity contribution in [3.63, 3.8) is 0 Å². The van der Waals surface area contributed by atoms with Crippen LogP contribution in [0.5, 0.6) is 0 Å². The lowest BCUT2D eigenvalue weighted by Crippen LogP contribution is -2.54. The topological polar surface area (TPSA) is 75.4 Å². The number of nitrogens with one attached hydrogen (secondary N) is 1. The van der Waals surface area contributed by atoms with Gasteiger partial charge in [-0.15, -0.1) is 0 Å². The number of nitrogens with zero attached hydrogens (tertiary/aromatic N) is 1. The van der Waals surface area contributed by atoms with Crippen molar-refractivity contribution in [2.24, 2.45) is 5.73 Å². The average molecular weight is 280 g/mol. The minimum absolute atomic E-state index is 0.220. The molecule has 1 aromatic carbocycles. The number of amides is 2. The summed E-state index contributed by atoms with van der Waals surface area (Å²) in [7, 11) is 0. The lowest BCUT2D eigenvalue weighted by molar-refractivity contribution is 0.100. The van der Waals surface area contributed by atoms with Gasteiger partial charge in [-0.2, -0.15) is 0 Å². The predicted octanol–water partition coefficient (Wildman–Crippen LogP) is 1.74. The quantitative estimate of drug-likeness (QED) is 0.828. The summed E-state index contributed by atoms with van der Waals surface area (Å²) in [5.41, 5.74) is 6.78. The average Bonchev–Trinajstić information content (AvgIpc) is 2.39. The zero-order valence-corrected chi connectivity index (χ0v) is 11.1. The molecule has 19 heavy (non-hydrogen) atoms. The molecule has 0 aromatic heterocycles. The Hall–Kier alpha value is -1.85. The van der Waals surface area contributed by atoms with Gasteiger partial charge in [-0.25, -0.2) is 4.79 Å². The maximum Gasteiger partial charge on any atom is 0.322 e. The fourth-order valence-electron chi connectivity index (χ4n) is 1.91. The molecule has 100 valence electrons. The van der Waals surface area contributed by atoms with Crippen LogP contribution in [0.1, 0.15) is 17.3 Å². The fourth-order valence-corrected chi connectivity index (χ4v) is 2.04. The third-order valence-corrected chi connectivity index (χ3v) is 3.23. The van der Waals surface area contributed by atoms with Crippen LogP contribution in [-0.2, 0) is 0 Å². The smallest absolute Gasteiger partial charge is 0.314 e. The molecule has 0 spiro atoms. The van der Waals surface area contributed by atoms with Crippen molar-refractivity contribution >= 4 is 23.4 Å². The summed E-state index contributed by atoms with van der Waals surface area (Å²) in [4.78, 5) is 25.3. The number of hydrogen-bond acceptors (Lipinski definition) is 3. The molecule has 0 saturated carbocycles. The first-order chi connectivity index (χ1) is 9.04. The van der Waals surface area contributed by atoms with Gasteiger partial charge in [-0.05, 0) is 31.2 Å². The highest BCUT2D eigenvalue weighted by Gasteiger charge is 2.30. The van der Waals surface area contributed by atoms with Crippen molar-refractivity contribution in [1.29, 1.82) is 0 Å². The number of carbonyl (C=O) groups excluding carboxylic acids is 2. The first-order valence-electron chi connectivity index (χ1n) is 5.87. The van der Waals surface area contributed by atoms with E-state index < -0.39 is 6.17 Å². The Morgan fingerprint density at radius 1 is 1.42 bits per heavy atom. The first kappa shape index (κ1) is 13.6. The molecule has 1 heterocycles. The number of urea groups is 1. The van der Waals surface area contributed by atoms with Gasteiger partial charge in [0.2, 0.25) is 0 Å². The van der Waals surface area contributed by atoms with Gasteiger partial charge in [-0.3, -0.25) is 4.79 Å². The van der Waals surface area contributed by atoms with E-state index in [-0.39, 0.29) is 11.8 Å². The van der Waals surface area contributed by atoms with Crippen LogP contribution in [0.4, 0.5) is 4.79 Å². The minimum Gasteiger partial charge on any atom is -0.314 e. The number of likely N-dealkylation sites (N-methyl/N-ethyl adjacent to an activating group) is 1. The first-order valence-corrected chi connectivity index (χ1v) is 6.25. The summed E-state index contributed by atoms with van der Waals surface area (Å²) < 4.78 is 0. The number of rotatable bonds is 3. The highest BCUT2D eigenvalue weighted by molar-refractivity contribution is 6.30. The zero-order chi connectivity index (χ0) is 14.0. The van der Waals surface area contributed by atoms with Crippen molar-refractivity contribution < 1.29 is 9.59 Å². The Bertz CT molecular complexity index is 539. The molecule has 1 unspecified atom stereocenters. The van der Waals surface area contributed by atoms with Crippen molar-refractivity contribution in [1.82, 2.24) is 10.2 Å². The molecule has 1 aliphatic heterocycles. The number of hydrogen-bond donors (Lipinski definition) is 2. The molecule has 0 fully saturated rings. The van der Waals surface area contributed by atoms with E-state index in [9.17, 15) is 9.59 Å². The van der Waals surface area contributed by atoms with Crippen LogP contribution in [0.15, 0.2) is 36.0 Å². The molecule has 1 aliphatic rings. The summed E-state index contributed by atoms with van der Waals surface area (Å²) in [5, 5.41) is 3.08. The second-order valence-electron chi connectivity index (χ2n) is 4.12. The standard InChI is InChI=1S/C13H14ClN3O2/c1-2-17-12(15)10(7-16-13(17)19)11(18)8-3-5-9(14)6-4-8/h3-7,12H,2,15H2,1H3,(H,16,19). The molecule has 3 N–H and O–H groups in total. The van der Waals surface area contributed by atoms with Crippen LogP contribution in [-0.4, -0.2) is 29.4 Å². The van der Waals surface area contributed by atoms with Crippen LogP contribution in [0, 0.1) is 0 Å². The Balaban J connectivity index is 2.28. The van der Waals surface area contributed by atoms with Crippen molar-refractivity contribution in [3.8, 4) is 0 Å². The Morgan fingerprint density at radius 2 is 2.05 bits per heavy atom. The summed E-state index contributed by atoms with van der Waals surface area (Å²) >= 11 is 5.78. The second kappa shape index (κ2) is 5.42. The Labute approximate surface area is 116 Å². The zero-order valence-electron chi connectivity index (χ0n) is 10.4. The van der Waals surface area contributed by atoms with E-state index in [2.05, 4.69) is 5.32 Å². The van der Waals surface area contributed by atoms with Gasteiger partial charge in [0.1, 0.15) is 6.17 Å². The SMILES string of the molecule is CCN1C(=O)NC=C(C(=O)c2ccc(Cl)cc2)C1N. The summed E-state index contributed by atoms with van der Waals surface area (Å²) in [6, 6.07) is 6.23. The number of carbonyl (C=O) groups is 2. The molecule has 0 saturated heterocycles. The molecule has 2 rings (SSSR count). The van der Waals surface area contributed by atoms with Crippen LogP contribution < -0.4 is 11.1 Å². The molecule has 2 amide bonds. The predicted molar refractivity (Wildman–Crippen MR) is 72.8 cm³/mol. The van der Waals surface area contributed by atoms with E-state index in [1.165, 1.54) is 11.1 Å². The van der Waals surface area contributed by atoms with Gasteiger partial charge in [0.05, 0.1) is 5.57 Å². The number of nitrogens with two attached hydrogens (primary N) is 1. The maximum absolute atomic E-state index is 12.3. The number of halogens is 1. The van der Waals surface area contributed by atoms with Gasteiger partial charge < -0.3 is 16.0 Å². The summed E-state index contributed by atoms with van der Waals surface area (Å²) in [6.45, 7) is 2.23. The lowest BCUT2D eigenvalue weighted by Gasteiger charge is -2.32. The normalized spacial score (nSPS) is 18.9. The van der Waals surface area contributed by atoms with Crippen LogP contribution in [0.25, 0.3) is 0 Å². The largest absolute Gasteiger partial charge is 0.322 e. The third kappa shape index (κ3) is 2.62. The molecule has 5 nitrogen and oxygen atoms in total. The lowest BCUT2D eigenvalue weighted by atomic mass is 10.0. The Morgan fingerprint density at radius 3 is 2.63 bits per heavy atom. The molecule has 6 heteroatoms. The minimum atomic E-state index is -0.734. The van der Waals surface area contributed by atoms with Crippen LogP contribution in [0.3, 0.4) is 0 Å².